The van der Waals surface area contributed by atoms with Gasteiger partial charge in [-0.05, 0) is 38.2 Å². The van der Waals surface area contributed by atoms with Crippen LogP contribution >= 0.6 is 12.4 Å². The molecule has 1 aromatic carbocycles. The van der Waals surface area contributed by atoms with E-state index in [-0.39, 0.29) is 12.4 Å². The van der Waals surface area contributed by atoms with Crippen molar-refractivity contribution in [1.82, 2.24) is 10.2 Å². The molecule has 4 heteroatoms. The first-order valence-corrected chi connectivity index (χ1v) is 7.80. The van der Waals surface area contributed by atoms with Crippen LogP contribution in [0.3, 0.4) is 0 Å². The second-order valence-corrected chi connectivity index (χ2v) is 6.25. The van der Waals surface area contributed by atoms with Crippen molar-refractivity contribution in [1.29, 1.82) is 0 Å². The number of carbonyl (C=O) groups is 1. The minimum absolute atomic E-state index is 0. The number of carbonyl (C=O) groups excluding carboxylic acids is 1. The van der Waals surface area contributed by atoms with Gasteiger partial charge in [0.1, 0.15) is 0 Å². The smallest absolute Gasteiger partial charge is 0.222 e. The Balaban J connectivity index is 0.00000161. The highest BCUT2D eigenvalue weighted by molar-refractivity contribution is 5.85. The minimum Gasteiger partial charge on any atom is -0.341 e. The summed E-state index contributed by atoms with van der Waals surface area (Å²) in [6, 6.07) is 9.69. The Kier molecular flexibility index (Phi) is 5.65. The summed E-state index contributed by atoms with van der Waals surface area (Å²) in [7, 11) is 0. The van der Waals surface area contributed by atoms with E-state index in [1.165, 1.54) is 24.0 Å². The SMILES string of the molecule is Cc1ccc(CCC(=O)N2CCC3CCC(C2)N3)cc1.Cl. The second kappa shape index (κ2) is 7.28. The topological polar surface area (TPSA) is 32.3 Å². The van der Waals surface area contributed by atoms with Crippen LogP contribution in [-0.2, 0) is 11.2 Å². The van der Waals surface area contributed by atoms with Crippen molar-refractivity contribution in [2.75, 3.05) is 13.1 Å². The number of halogens is 1. The number of hydrogen-bond donors (Lipinski definition) is 1. The lowest BCUT2D eigenvalue weighted by Gasteiger charge is -2.24. The number of fused-ring (bicyclic) bond motifs is 2. The summed E-state index contributed by atoms with van der Waals surface area (Å²) < 4.78 is 0. The normalized spacial score (nSPS) is 24.3. The minimum atomic E-state index is 0. The zero-order chi connectivity index (χ0) is 13.9. The number of hydrogen-bond acceptors (Lipinski definition) is 2. The van der Waals surface area contributed by atoms with Crippen LogP contribution in [0.25, 0.3) is 0 Å². The van der Waals surface area contributed by atoms with E-state index in [1.54, 1.807) is 0 Å². The largest absolute Gasteiger partial charge is 0.341 e. The van der Waals surface area contributed by atoms with Gasteiger partial charge in [-0.15, -0.1) is 12.4 Å². The molecular formula is C17H25ClN2O. The van der Waals surface area contributed by atoms with E-state index in [0.29, 0.717) is 24.4 Å². The Morgan fingerprint density at radius 2 is 1.90 bits per heavy atom. The summed E-state index contributed by atoms with van der Waals surface area (Å²) in [6.45, 7) is 3.93. The molecule has 2 aliphatic heterocycles. The standard InChI is InChI=1S/C17H24N2O.ClH/c1-13-2-4-14(5-3-13)6-9-17(20)19-11-10-15-7-8-16(12-19)18-15;/h2-5,15-16,18H,6-12H2,1H3;1H. The lowest BCUT2D eigenvalue weighted by Crippen LogP contribution is -2.39. The van der Waals surface area contributed by atoms with E-state index in [4.69, 9.17) is 0 Å². The third-order valence-corrected chi connectivity index (χ3v) is 4.62. The summed E-state index contributed by atoms with van der Waals surface area (Å²) in [5.74, 6) is 0.319. The summed E-state index contributed by atoms with van der Waals surface area (Å²) in [4.78, 5) is 14.4. The monoisotopic (exact) mass is 308 g/mol. The van der Waals surface area contributed by atoms with Crippen molar-refractivity contribution in [2.45, 2.75) is 51.1 Å². The molecule has 2 heterocycles. The van der Waals surface area contributed by atoms with Crippen molar-refractivity contribution in [3.8, 4) is 0 Å². The van der Waals surface area contributed by atoms with Crippen molar-refractivity contribution < 1.29 is 4.79 Å². The number of nitrogens with one attached hydrogen (secondary N) is 1. The number of nitrogens with zero attached hydrogens (tertiary/aromatic N) is 1. The summed E-state index contributed by atoms with van der Waals surface area (Å²) >= 11 is 0. The molecule has 2 unspecified atom stereocenters. The molecule has 0 radical (unpaired) electrons. The molecule has 1 N–H and O–H groups in total. The van der Waals surface area contributed by atoms with Gasteiger partial charge in [-0.25, -0.2) is 0 Å². The fourth-order valence-corrected chi connectivity index (χ4v) is 3.33. The van der Waals surface area contributed by atoms with E-state index in [9.17, 15) is 4.79 Å². The van der Waals surface area contributed by atoms with Crippen LogP contribution < -0.4 is 5.32 Å². The van der Waals surface area contributed by atoms with Gasteiger partial charge in [0.15, 0.2) is 0 Å². The Labute approximate surface area is 133 Å². The average molecular weight is 309 g/mol. The fraction of sp³-hybridized carbons (Fsp3) is 0.588. The number of amides is 1. The maximum absolute atomic E-state index is 12.4. The van der Waals surface area contributed by atoms with E-state index in [1.807, 2.05) is 0 Å². The van der Waals surface area contributed by atoms with Crippen molar-refractivity contribution in [3.05, 3.63) is 35.4 Å². The van der Waals surface area contributed by atoms with Gasteiger partial charge in [0, 0.05) is 31.6 Å². The third-order valence-electron chi connectivity index (χ3n) is 4.62. The molecule has 1 aromatic rings. The highest BCUT2D eigenvalue weighted by Gasteiger charge is 2.30. The number of benzene rings is 1. The van der Waals surface area contributed by atoms with Crippen molar-refractivity contribution in [2.24, 2.45) is 0 Å². The van der Waals surface area contributed by atoms with Gasteiger partial charge in [0.25, 0.3) is 0 Å². The zero-order valence-corrected chi connectivity index (χ0v) is 13.5. The fourth-order valence-electron chi connectivity index (χ4n) is 3.33. The molecule has 0 aromatic heterocycles. The van der Waals surface area contributed by atoms with Gasteiger partial charge in [0.05, 0.1) is 0 Å². The summed E-state index contributed by atoms with van der Waals surface area (Å²) in [5, 5.41) is 3.62. The maximum atomic E-state index is 12.4. The lowest BCUT2D eigenvalue weighted by molar-refractivity contribution is -0.131. The van der Waals surface area contributed by atoms with Crippen molar-refractivity contribution in [3.63, 3.8) is 0 Å². The first-order chi connectivity index (χ1) is 9.70. The zero-order valence-electron chi connectivity index (χ0n) is 12.7. The van der Waals surface area contributed by atoms with E-state index in [0.717, 1.165) is 25.9 Å². The lowest BCUT2D eigenvalue weighted by atomic mass is 10.1. The van der Waals surface area contributed by atoms with E-state index in [2.05, 4.69) is 41.4 Å². The Morgan fingerprint density at radius 3 is 2.67 bits per heavy atom. The predicted molar refractivity (Wildman–Crippen MR) is 87.9 cm³/mol. The molecule has 0 aliphatic carbocycles. The maximum Gasteiger partial charge on any atom is 0.222 e. The van der Waals surface area contributed by atoms with Gasteiger partial charge in [-0.3, -0.25) is 4.79 Å². The Morgan fingerprint density at radius 1 is 1.19 bits per heavy atom. The van der Waals surface area contributed by atoms with Crippen LogP contribution in [-0.4, -0.2) is 36.0 Å². The van der Waals surface area contributed by atoms with Crippen LogP contribution in [0.4, 0.5) is 0 Å². The quantitative estimate of drug-likeness (QED) is 0.931. The number of aryl methyl sites for hydroxylation is 2. The molecule has 2 saturated heterocycles. The molecule has 2 aliphatic rings. The number of rotatable bonds is 3. The van der Waals surface area contributed by atoms with Gasteiger partial charge in [0.2, 0.25) is 5.91 Å². The molecule has 0 spiro atoms. The molecule has 116 valence electrons. The van der Waals surface area contributed by atoms with Crippen LogP contribution in [0.1, 0.15) is 36.8 Å². The van der Waals surface area contributed by atoms with Gasteiger partial charge < -0.3 is 10.2 Å². The average Bonchev–Trinajstić information content (AvgIpc) is 2.77. The van der Waals surface area contributed by atoms with Crippen LogP contribution in [0.2, 0.25) is 0 Å². The second-order valence-electron chi connectivity index (χ2n) is 6.25. The highest BCUT2D eigenvalue weighted by atomic mass is 35.5. The van der Waals surface area contributed by atoms with E-state index >= 15 is 0 Å². The first-order valence-electron chi connectivity index (χ1n) is 7.80. The van der Waals surface area contributed by atoms with Crippen LogP contribution in [0.5, 0.6) is 0 Å². The molecule has 1 amide bonds. The Bertz CT molecular complexity index is 474. The summed E-state index contributed by atoms with van der Waals surface area (Å²) in [6.07, 6.45) is 5.13. The first kappa shape index (κ1) is 16.3. The van der Waals surface area contributed by atoms with E-state index < -0.39 is 0 Å². The molecule has 3 rings (SSSR count). The molecule has 2 atom stereocenters. The van der Waals surface area contributed by atoms with Crippen LogP contribution in [0, 0.1) is 6.92 Å². The molecule has 21 heavy (non-hydrogen) atoms. The van der Waals surface area contributed by atoms with Crippen molar-refractivity contribution >= 4 is 18.3 Å². The predicted octanol–water partition coefficient (Wildman–Crippen LogP) is 2.70. The molecule has 3 nitrogen and oxygen atoms in total. The van der Waals surface area contributed by atoms with Gasteiger partial charge in [-0.1, -0.05) is 29.8 Å². The van der Waals surface area contributed by atoms with Crippen LogP contribution in [0.15, 0.2) is 24.3 Å². The molecular weight excluding hydrogens is 284 g/mol. The third kappa shape index (κ3) is 4.21. The van der Waals surface area contributed by atoms with Gasteiger partial charge in [-0.2, -0.15) is 0 Å². The molecule has 2 bridgehead atoms. The summed E-state index contributed by atoms with van der Waals surface area (Å²) in [5.41, 5.74) is 2.54. The number of likely N-dealkylation sites (tertiary alicyclic amines) is 1. The van der Waals surface area contributed by atoms with Gasteiger partial charge >= 0.3 is 0 Å². The highest BCUT2D eigenvalue weighted by Crippen LogP contribution is 2.21. The molecule has 0 saturated carbocycles. The Hall–Kier alpha value is -1.06. The molecule has 2 fully saturated rings.